The van der Waals surface area contributed by atoms with Crippen LogP contribution in [-0.4, -0.2) is 42.8 Å². The van der Waals surface area contributed by atoms with E-state index in [0.29, 0.717) is 23.4 Å². The van der Waals surface area contributed by atoms with E-state index in [1.165, 1.54) is 15.5 Å². The van der Waals surface area contributed by atoms with Gasteiger partial charge in [-0.25, -0.2) is 9.50 Å². The number of hydrogen-bond donors (Lipinski definition) is 1. The van der Waals surface area contributed by atoms with Crippen molar-refractivity contribution in [2.75, 3.05) is 11.9 Å². The Labute approximate surface area is 176 Å². The average Bonchev–Trinajstić information content (AvgIpc) is 3.28. The Morgan fingerprint density at radius 2 is 1.94 bits per heavy atom. The van der Waals surface area contributed by atoms with Gasteiger partial charge in [0.25, 0.3) is 5.91 Å². The molecule has 3 aromatic heterocycles. The van der Waals surface area contributed by atoms with Crippen LogP contribution in [0.3, 0.4) is 0 Å². The Bertz CT molecular complexity index is 1350. The lowest BCUT2D eigenvalue weighted by molar-refractivity contribution is -0.117. The number of aromatic nitrogens is 4. The molecule has 0 saturated heterocycles. The van der Waals surface area contributed by atoms with E-state index in [-0.39, 0.29) is 24.3 Å². The molecule has 4 aromatic rings. The Morgan fingerprint density at radius 1 is 1.10 bits per heavy atom. The number of halogens is 1. The minimum atomic E-state index is -0.535. The minimum absolute atomic E-state index is 0.0885. The Morgan fingerprint density at radius 3 is 2.74 bits per heavy atom. The molecule has 1 aromatic carbocycles. The van der Waals surface area contributed by atoms with Crippen LogP contribution in [-0.2, 0) is 11.3 Å². The summed E-state index contributed by atoms with van der Waals surface area (Å²) < 4.78 is 14.8. The van der Waals surface area contributed by atoms with Gasteiger partial charge in [0.05, 0.1) is 0 Å². The van der Waals surface area contributed by atoms with Gasteiger partial charge in [-0.05, 0) is 42.8 Å². The van der Waals surface area contributed by atoms with Gasteiger partial charge in [0.15, 0.2) is 5.65 Å². The highest BCUT2D eigenvalue weighted by Crippen LogP contribution is 2.24. The normalized spacial score (nSPS) is 13.0. The van der Waals surface area contributed by atoms with Crippen molar-refractivity contribution in [3.63, 3.8) is 0 Å². The van der Waals surface area contributed by atoms with E-state index < -0.39 is 5.95 Å². The Kier molecular flexibility index (Phi) is 4.43. The standard InChI is InChI=1S/C22H17FN6O2/c1-13-16(7-8-18(23)24-13)15-6-9-19-25-22(27-29(19)11-15)26-20(30)12-28-10-14-4-2-3-5-17(14)21(28)31/h2-9,11H,10,12H2,1H3,(H,26,27,30). The molecule has 0 radical (unpaired) electrons. The van der Waals surface area contributed by atoms with Gasteiger partial charge in [-0.3, -0.25) is 14.9 Å². The van der Waals surface area contributed by atoms with Crippen LogP contribution in [0.2, 0.25) is 0 Å². The lowest BCUT2D eigenvalue weighted by Gasteiger charge is -2.14. The van der Waals surface area contributed by atoms with E-state index in [2.05, 4.69) is 20.4 Å². The molecular formula is C22H17FN6O2. The predicted octanol–water partition coefficient (Wildman–Crippen LogP) is 2.83. The minimum Gasteiger partial charge on any atom is -0.325 e. The number of hydrogen-bond acceptors (Lipinski definition) is 5. The quantitative estimate of drug-likeness (QED) is 0.517. The smallest absolute Gasteiger partial charge is 0.254 e. The first-order valence-corrected chi connectivity index (χ1v) is 9.65. The number of rotatable bonds is 4. The van der Waals surface area contributed by atoms with Crippen molar-refractivity contribution in [2.24, 2.45) is 0 Å². The second-order valence-corrected chi connectivity index (χ2v) is 7.29. The molecular weight excluding hydrogens is 399 g/mol. The van der Waals surface area contributed by atoms with Crippen molar-refractivity contribution < 1.29 is 14.0 Å². The van der Waals surface area contributed by atoms with Gasteiger partial charge in [-0.15, -0.1) is 5.10 Å². The third-order valence-electron chi connectivity index (χ3n) is 5.18. The summed E-state index contributed by atoms with van der Waals surface area (Å²) in [5.74, 6) is -0.939. The van der Waals surface area contributed by atoms with Gasteiger partial charge in [0.2, 0.25) is 17.8 Å². The summed E-state index contributed by atoms with van der Waals surface area (Å²) in [7, 11) is 0. The molecule has 5 rings (SSSR count). The van der Waals surface area contributed by atoms with Crippen LogP contribution in [0.4, 0.5) is 10.3 Å². The van der Waals surface area contributed by atoms with E-state index in [1.54, 1.807) is 37.4 Å². The zero-order valence-corrected chi connectivity index (χ0v) is 16.5. The summed E-state index contributed by atoms with van der Waals surface area (Å²) in [6, 6.07) is 13.9. The van der Waals surface area contributed by atoms with Crippen molar-refractivity contribution in [1.82, 2.24) is 24.5 Å². The summed E-state index contributed by atoms with van der Waals surface area (Å²) in [6.45, 7) is 2.04. The fraction of sp³-hybridized carbons (Fsp3) is 0.136. The number of nitrogens with zero attached hydrogens (tertiary/aromatic N) is 5. The largest absolute Gasteiger partial charge is 0.325 e. The van der Waals surface area contributed by atoms with Gasteiger partial charge in [-0.2, -0.15) is 9.37 Å². The molecule has 0 fully saturated rings. The second-order valence-electron chi connectivity index (χ2n) is 7.29. The molecule has 0 unspecified atom stereocenters. The maximum absolute atomic E-state index is 13.3. The molecule has 0 aliphatic carbocycles. The van der Waals surface area contributed by atoms with Gasteiger partial charge in [0.1, 0.15) is 6.54 Å². The first kappa shape index (κ1) is 18.9. The lowest BCUT2D eigenvalue weighted by atomic mass is 10.1. The molecule has 1 N–H and O–H groups in total. The first-order valence-electron chi connectivity index (χ1n) is 9.65. The Hall–Kier alpha value is -4.14. The molecule has 1 aliphatic heterocycles. The maximum atomic E-state index is 13.3. The van der Waals surface area contributed by atoms with Gasteiger partial charge in [-0.1, -0.05) is 18.2 Å². The zero-order chi connectivity index (χ0) is 21.5. The molecule has 0 atom stereocenters. The summed E-state index contributed by atoms with van der Waals surface area (Å²) in [5, 5.41) is 6.94. The molecule has 2 amide bonds. The molecule has 1 aliphatic rings. The number of benzene rings is 1. The van der Waals surface area contributed by atoms with E-state index >= 15 is 0 Å². The fourth-order valence-electron chi connectivity index (χ4n) is 3.71. The van der Waals surface area contributed by atoms with Crippen LogP contribution in [0.5, 0.6) is 0 Å². The maximum Gasteiger partial charge on any atom is 0.254 e. The number of carbonyl (C=O) groups excluding carboxylic acids is 2. The number of carbonyl (C=O) groups is 2. The highest BCUT2D eigenvalue weighted by Gasteiger charge is 2.28. The predicted molar refractivity (Wildman–Crippen MR) is 111 cm³/mol. The second kappa shape index (κ2) is 7.28. The fourth-order valence-corrected chi connectivity index (χ4v) is 3.71. The number of amides is 2. The summed E-state index contributed by atoms with van der Waals surface area (Å²) in [4.78, 5) is 34.5. The monoisotopic (exact) mass is 416 g/mol. The van der Waals surface area contributed by atoms with E-state index in [0.717, 1.165) is 16.7 Å². The van der Waals surface area contributed by atoms with Crippen LogP contribution in [0.1, 0.15) is 21.6 Å². The van der Waals surface area contributed by atoms with Gasteiger partial charge < -0.3 is 4.90 Å². The van der Waals surface area contributed by atoms with Crippen LogP contribution in [0.25, 0.3) is 16.8 Å². The highest BCUT2D eigenvalue weighted by atomic mass is 19.1. The molecule has 154 valence electrons. The molecule has 0 spiro atoms. The third-order valence-corrected chi connectivity index (χ3v) is 5.18. The van der Waals surface area contributed by atoms with Crippen molar-refractivity contribution in [2.45, 2.75) is 13.5 Å². The van der Waals surface area contributed by atoms with Gasteiger partial charge in [0, 0.05) is 35.1 Å². The summed E-state index contributed by atoms with van der Waals surface area (Å²) in [5.41, 5.74) is 4.20. The Balaban J connectivity index is 1.32. The van der Waals surface area contributed by atoms with E-state index in [4.69, 9.17) is 0 Å². The van der Waals surface area contributed by atoms with Crippen molar-refractivity contribution in [3.8, 4) is 11.1 Å². The number of pyridine rings is 2. The number of fused-ring (bicyclic) bond motifs is 2. The van der Waals surface area contributed by atoms with Crippen LogP contribution < -0.4 is 5.32 Å². The molecule has 0 saturated carbocycles. The third kappa shape index (κ3) is 3.50. The van der Waals surface area contributed by atoms with Crippen molar-refractivity contribution in [3.05, 3.63) is 77.5 Å². The molecule has 8 nitrogen and oxygen atoms in total. The van der Waals surface area contributed by atoms with Crippen molar-refractivity contribution >= 4 is 23.4 Å². The lowest BCUT2D eigenvalue weighted by Crippen LogP contribution is -2.33. The van der Waals surface area contributed by atoms with E-state index in [9.17, 15) is 14.0 Å². The van der Waals surface area contributed by atoms with E-state index in [1.807, 2.05) is 18.2 Å². The number of anilines is 1. The van der Waals surface area contributed by atoms with Crippen LogP contribution >= 0.6 is 0 Å². The molecule has 0 bridgehead atoms. The number of nitrogens with one attached hydrogen (secondary N) is 1. The first-order chi connectivity index (χ1) is 15.0. The SMILES string of the molecule is Cc1nc(F)ccc1-c1ccc2nc(NC(=O)CN3Cc4ccccc4C3=O)nn2c1. The molecule has 4 heterocycles. The van der Waals surface area contributed by atoms with Crippen LogP contribution in [0, 0.1) is 12.9 Å². The summed E-state index contributed by atoms with van der Waals surface area (Å²) >= 11 is 0. The molecule has 9 heteroatoms. The van der Waals surface area contributed by atoms with Gasteiger partial charge >= 0.3 is 0 Å². The topological polar surface area (TPSA) is 92.5 Å². The highest BCUT2D eigenvalue weighted by molar-refractivity contribution is 6.01. The number of aryl methyl sites for hydroxylation is 1. The van der Waals surface area contributed by atoms with Crippen molar-refractivity contribution in [1.29, 1.82) is 0 Å². The molecule has 31 heavy (non-hydrogen) atoms. The summed E-state index contributed by atoms with van der Waals surface area (Å²) in [6.07, 6.45) is 1.74. The van der Waals surface area contributed by atoms with Crippen LogP contribution in [0.15, 0.2) is 54.7 Å². The zero-order valence-electron chi connectivity index (χ0n) is 16.5. The average molecular weight is 416 g/mol.